The lowest BCUT2D eigenvalue weighted by atomic mass is 9.88. The maximum Gasteiger partial charge on any atom is 0.137 e. The fraction of sp³-hybridized carbons (Fsp3) is 0.379. The van der Waals surface area contributed by atoms with Gasteiger partial charge >= 0.3 is 0 Å². The third kappa shape index (κ3) is 5.45. The van der Waals surface area contributed by atoms with E-state index in [1.54, 1.807) is 6.92 Å². The van der Waals surface area contributed by atoms with E-state index in [0.29, 0.717) is 13.1 Å². The Bertz CT molecular complexity index is 1040. The van der Waals surface area contributed by atoms with Gasteiger partial charge in [-0.1, -0.05) is 82.8 Å². The molecule has 0 fully saturated rings. The molecule has 0 amide bonds. The first-order chi connectivity index (χ1) is 15.2. The van der Waals surface area contributed by atoms with Crippen LogP contribution in [0.25, 0.3) is 5.57 Å². The van der Waals surface area contributed by atoms with E-state index < -0.39 is 5.41 Å². The summed E-state index contributed by atoms with van der Waals surface area (Å²) in [5, 5.41) is 3.39. The molecule has 168 valence electrons. The van der Waals surface area contributed by atoms with Gasteiger partial charge in [0.2, 0.25) is 0 Å². The van der Waals surface area contributed by atoms with Crippen LogP contribution < -0.4 is 5.32 Å². The molecule has 1 heterocycles. The van der Waals surface area contributed by atoms with E-state index in [1.807, 2.05) is 13.8 Å². The quantitative estimate of drug-likeness (QED) is 0.491. The Kier molecular flexibility index (Phi) is 7.50. The summed E-state index contributed by atoms with van der Waals surface area (Å²) in [5.41, 5.74) is 9.07. The molecule has 3 nitrogen and oxygen atoms in total. The maximum atomic E-state index is 11.9. The molecule has 0 aliphatic carbocycles. The number of benzene rings is 2. The highest BCUT2D eigenvalue weighted by Gasteiger charge is 2.25. The summed E-state index contributed by atoms with van der Waals surface area (Å²) >= 11 is 0. The number of rotatable bonds is 10. The van der Waals surface area contributed by atoms with Crippen LogP contribution in [0.2, 0.25) is 0 Å². The fourth-order valence-electron chi connectivity index (χ4n) is 3.82. The largest absolute Gasteiger partial charge is 0.388 e. The number of Topliss-reactive ketones (excluding diaryl/α,β-unsaturated/α-hetero) is 1. The SMILES string of the molecule is C=C(CC1=C(c2ccc(CC)cc2)C(c2ccc(CC)cc2)=NC1)NCC(C)(C)C(C)=O. The predicted molar refractivity (Wildman–Crippen MR) is 136 cm³/mol. The number of nitrogens with one attached hydrogen (secondary N) is 1. The summed E-state index contributed by atoms with van der Waals surface area (Å²) in [5.74, 6) is 0.177. The van der Waals surface area contributed by atoms with Crippen molar-refractivity contribution in [2.24, 2.45) is 10.4 Å². The van der Waals surface area contributed by atoms with Crippen molar-refractivity contribution in [2.45, 2.75) is 53.9 Å². The van der Waals surface area contributed by atoms with Gasteiger partial charge in [0.15, 0.2) is 0 Å². The van der Waals surface area contributed by atoms with E-state index in [1.165, 1.54) is 27.8 Å². The molecule has 1 aliphatic rings. The standard InChI is InChI=1S/C29H36N2O/c1-7-22-9-13-24(14-10-22)27-26(17-20(3)31-19-29(5,6)21(4)32)18-30-28(27)25-15-11-23(8-2)12-16-25/h9-16,31H,3,7-8,17-19H2,1-2,4-6H3. The summed E-state index contributed by atoms with van der Waals surface area (Å²) in [6.45, 7) is 15.4. The Labute approximate surface area is 193 Å². The van der Waals surface area contributed by atoms with Gasteiger partial charge in [0.25, 0.3) is 0 Å². The van der Waals surface area contributed by atoms with Crippen LogP contribution in [-0.4, -0.2) is 24.6 Å². The zero-order valence-corrected chi connectivity index (χ0v) is 20.2. The van der Waals surface area contributed by atoms with Gasteiger partial charge in [-0.05, 0) is 42.0 Å². The van der Waals surface area contributed by atoms with Crippen molar-refractivity contribution >= 4 is 17.1 Å². The lowest BCUT2D eigenvalue weighted by molar-refractivity contribution is -0.124. The fourth-order valence-corrected chi connectivity index (χ4v) is 3.82. The van der Waals surface area contributed by atoms with Crippen molar-refractivity contribution < 1.29 is 4.79 Å². The van der Waals surface area contributed by atoms with Crippen LogP contribution in [0, 0.1) is 5.41 Å². The highest BCUT2D eigenvalue weighted by molar-refractivity contribution is 6.34. The van der Waals surface area contributed by atoms with E-state index in [2.05, 4.69) is 74.3 Å². The van der Waals surface area contributed by atoms with Crippen LogP contribution in [0.15, 0.2) is 71.4 Å². The number of carbonyl (C=O) groups excluding carboxylic acids is 1. The Balaban J connectivity index is 1.90. The molecule has 1 aliphatic heterocycles. The summed E-state index contributed by atoms with van der Waals surface area (Å²) < 4.78 is 0. The van der Waals surface area contributed by atoms with Crippen molar-refractivity contribution in [3.8, 4) is 0 Å². The molecule has 0 atom stereocenters. The topological polar surface area (TPSA) is 41.5 Å². The molecule has 0 aromatic heterocycles. The minimum absolute atomic E-state index is 0.177. The van der Waals surface area contributed by atoms with Gasteiger partial charge in [-0.15, -0.1) is 0 Å². The van der Waals surface area contributed by atoms with E-state index >= 15 is 0 Å². The van der Waals surface area contributed by atoms with Gasteiger partial charge in [0, 0.05) is 35.2 Å². The lowest BCUT2D eigenvalue weighted by Gasteiger charge is -2.23. The Morgan fingerprint density at radius 2 is 1.50 bits per heavy atom. The molecule has 0 saturated carbocycles. The van der Waals surface area contributed by atoms with Crippen LogP contribution in [-0.2, 0) is 17.6 Å². The molecule has 1 N–H and O–H groups in total. The number of hydrogen-bond donors (Lipinski definition) is 1. The van der Waals surface area contributed by atoms with Crippen molar-refractivity contribution in [1.82, 2.24) is 5.32 Å². The second-order valence-electron chi connectivity index (χ2n) is 9.32. The molecule has 0 radical (unpaired) electrons. The van der Waals surface area contributed by atoms with Gasteiger partial charge in [0.1, 0.15) is 5.78 Å². The number of ketones is 1. The van der Waals surface area contributed by atoms with Crippen molar-refractivity contribution in [3.05, 3.63) is 88.6 Å². The summed E-state index contributed by atoms with van der Waals surface area (Å²) in [7, 11) is 0. The minimum Gasteiger partial charge on any atom is -0.388 e. The van der Waals surface area contributed by atoms with Crippen LogP contribution in [0.5, 0.6) is 0 Å². The van der Waals surface area contributed by atoms with Gasteiger partial charge in [-0.2, -0.15) is 0 Å². The van der Waals surface area contributed by atoms with E-state index in [0.717, 1.165) is 36.2 Å². The molecule has 2 aromatic rings. The molecule has 0 saturated heterocycles. The average Bonchev–Trinajstić information content (AvgIpc) is 3.21. The lowest BCUT2D eigenvalue weighted by Crippen LogP contribution is -2.34. The van der Waals surface area contributed by atoms with Crippen LogP contribution >= 0.6 is 0 Å². The summed E-state index contributed by atoms with van der Waals surface area (Å²) in [4.78, 5) is 16.8. The Morgan fingerprint density at radius 3 is 2.00 bits per heavy atom. The predicted octanol–water partition coefficient (Wildman–Crippen LogP) is 6.18. The normalized spacial score (nSPS) is 13.8. The summed E-state index contributed by atoms with van der Waals surface area (Å²) in [6.07, 6.45) is 2.78. The van der Waals surface area contributed by atoms with E-state index in [-0.39, 0.29) is 5.78 Å². The van der Waals surface area contributed by atoms with Crippen LogP contribution in [0.3, 0.4) is 0 Å². The van der Waals surface area contributed by atoms with Crippen molar-refractivity contribution in [3.63, 3.8) is 0 Å². The van der Waals surface area contributed by atoms with Crippen LogP contribution in [0.1, 0.15) is 63.3 Å². The van der Waals surface area contributed by atoms with Gasteiger partial charge in [-0.25, -0.2) is 0 Å². The molecule has 32 heavy (non-hydrogen) atoms. The third-order valence-corrected chi connectivity index (χ3v) is 6.47. The second-order valence-corrected chi connectivity index (χ2v) is 9.32. The number of aryl methyl sites for hydroxylation is 2. The van der Waals surface area contributed by atoms with Crippen molar-refractivity contribution in [2.75, 3.05) is 13.1 Å². The highest BCUT2D eigenvalue weighted by Crippen LogP contribution is 2.32. The van der Waals surface area contributed by atoms with Gasteiger partial charge in [0.05, 0.1) is 12.3 Å². The molecule has 3 rings (SSSR count). The van der Waals surface area contributed by atoms with E-state index in [4.69, 9.17) is 4.99 Å². The Morgan fingerprint density at radius 1 is 0.969 bits per heavy atom. The van der Waals surface area contributed by atoms with Crippen LogP contribution in [0.4, 0.5) is 0 Å². The molecule has 3 heteroatoms. The number of carbonyl (C=O) groups is 1. The Hall–Kier alpha value is -2.94. The maximum absolute atomic E-state index is 11.9. The van der Waals surface area contributed by atoms with E-state index in [9.17, 15) is 4.79 Å². The molecule has 0 spiro atoms. The molecular formula is C29H36N2O. The first kappa shape index (κ1) is 23.7. The first-order valence-corrected chi connectivity index (χ1v) is 11.6. The highest BCUT2D eigenvalue weighted by atomic mass is 16.1. The zero-order valence-electron chi connectivity index (χ0n) is 20.2. The minimum atomic E-state index is -0.408. The number of allylic oxidation sites excluding steroid dienone is 2. The second kappa shape index (κ2) is 10.1. The number of aliphatic imine (C=N–C) groups is 1. The summed E-state index contributed by atoms with van der Waals surface area (Å²) in [6, 6.07) is 17.6. The molecule has 0 bridgehead atoms. The number of nitrogens with zero attached hydrogens (tertiary/aromatic N) is 1. The first-order valence-electron chi connectivity index (χ1n) is 11.6. The molecule has 2 aromatic carbocycles. The monoisotopic (exact) mass is 428 g/mol. The molecular weight excluding hydrogens is 392 g/mol. The van der Waals surface area contributed by atoms with Gasteiger partial charge < -0.3 is 5.32 Å². The zero-order chi connectivity index (χ0) is 23.3. The molecule has 0 unspecified atom stereocenters. The smallest absolute Gasteiger partial charge is 0.137 e. The average molecular weight is 429 g/mol. The van der Waals surface area contributed by atoms with Crippen molar-refractivity contribution in [1.29, 1.82) is 0 Å². The number of hydrogen-bond acceptors (Lipinski definition) is 3. The van der Waals surface area contributed by atoms with Gasteiger partial charge in [-0.3, -0.25) is 9.79 Å². The third-order valence-electron chi connectivity index (χ3n) is 6.47.